The zero-order chi connectivity index (χ0) is 22.0. The lowest BCUT2D eigenvalue weighted by Gasteiger charge is -2.14. The van der Waals surface area contributed by atoms with Crippen molar-refractivity contribution >= 4 is 38.4 Å². The van der Waals surface area contributed by atoms with Gasteiger partial charge in [0.15, 0.2) is 15.7 Å². The first-order chi connectivity index (χ1) is 14.9. The van der Waals surface area contributed by atoms with Gasteiger partial charge < -0.3 is 10.1 Å². The maximum Gasteiger partial charge on any atom is 0.229 e. The van der Waals surface area contributed by atoms with Crippen LogP contribution in [-0.2, 0) is 19.4 Å². The lowest BCUT2D eigenvalue weighted by Crippen LogP contribution is -2.35. The fraction of sp³-hybridized carbons (Fsp3) is 0.286. The third-order valence-corrected chi connectivity index (χ3v) is 7.02. The van der Waals surface area contributed by atoms with Crippen molar-refractivity contribution in [3.8, 4) is 5.75 Å². The molecule has 1 aliphatic rings. The molecule has 3 aromatic rings. The lowest BCUT2D eigenvalue weighted by atomic mass is 10.1. The maximum absolute atomic E-state index is 12.5. The number of amides is 2. The molecule has 1 atom stereocenters. The summed E-state index contributed by atoms with van der Waals surface area (Å²) in [7, 11) is -2.05. The average Bonchev–Trinajstić information content (AvgIpc) is 3.37. The molecule has 162 valence electrons. The first-order valence-corrected chi connectivity index (χ1v) is 11.4. The van der Waals surface area contributed by atoms with Gasteiger partial charge in [-0.15, -0.1) is 0 Å². The van der Waals surface area contributed by atoms with Gasteiger partial charge in [-0.25, -0.2) is 8.42 Å². The van der Waals surface area contributed by atoms with E-state index < -0.39 is 15.8 Å². The standard InChI is InChI=1S/C21H22N4O5S/c1-30-15-6-8-16(9-7-15)31(28,29)11-10-22-21(27)14-12-19(26)25(13-14)20-17-4-2-3-5-18(17)23-24-20/h2-9,14H,10-13H2,1H3,(H,22,27)(H,23,24)/t14-/m1/s1. The Labute approximate surface area is 179 Å². The highest BCUT2D eigenvalue weighted by Gasteiger charge is 2.36. The molecule has 1 fully saturated rings. The summed E-state index contributed by atoms with van der Waals surface area (Å²) in [5.74, 6) is -0.277. The number of para-hydroxylation sites is 1. The van der Waals surface area contributed by atoms with E-state index in [0.29, 0.717) is 11.6 Å². The molecule has 2 N–H and O–H groups in total. The number of fused-ring (bicyclic) bond motifs is 1. The summed E-state index contributed by atoms with van der Waals surface area (Å²) in [6.07, 6.45) is 0.0538. The van der Waals surface area contributed by atoms with Gasteiger partial charge in [0, 0.05) is 24.9 Å². The van der Waals surface area contributed by atoms with Gasteiger partial charge in [0.2, 0.25) is 11.8 Å². The van der Waals surface area contributed by atoms with Crippen LogP contribution in [0.5, 0.6) is 5.75 Å². The number of aromatic amines is 1. The van der Waals surface area contributed by atoms with Gasteiger partial charge in [0.05, 0.1) is 29.2 Å². The van der Waals surface area contributed by atoms with Gasteiger partial charge in [-0.2, -0.15) is 5.10 Å². The molecule has 31 heavy (non-hydrogen) atoms. The van der Waals surface area contributed by atoms with Gasteiger partial charge in [-0.1, -0.05) is 12.1 Å². The normalized spacial score (nSPS) is 16.6. The first-order valence-electron chi connectivity index (χ1n) is 9.77. The molecule has 10 heteroatoms. The number of nitrogens with one attached hydrogen (secondary N) is 2. The molecule has 1 aliphatic heterocycles. The molecule has 0 spiro atoms. The Hall–Kier alpha value is -3.40. The molecule has 2 aromatic carbocycles. The predicted molar refractivity (Wildman–Crippen MR) is 115 cm³/mol. The van der Waals surface area contributed by atoms with Crippen LogP contribution in [0.2, 0.25) is 0 Å². The van der Waals surface area contributed by atoms with Crippen molar-refractivity contribution in [3.05, 3.63) is 48.5 Å². The highest BCUT2D eigenvalue weighted by Crippen LogP contribution is 2.29. The van der Waals surface area contributed by atoms with Crippen molar-refractivity contribution in [3.63, 3.8) is 0 Å². The van der Waals surface area contributed by atoms with Gasteiger partial charge in [-0.05, 0) is 36.4 Å². The monoisotopic (exact) mass is 442 g/mol. The summed E-state index contributed by atoms with van der Waals surface area (Å²) in [5, 5.41) is 10.6. The summed E-state index contributed by atoms with van der Waals surface area (Å²) >= 11 is 0. The van der Waals surface area contributed by atoms with Crippen LogP contribution in [0.15, 0.2) is 53.4 Å². The molecule has 1 aromatic heterocycles. The van der Waals surface area contributed by atoms with Crippen LogP contribution in [0.1, 0.15) is 6.42 Å². The van der Waals surface area contributed by atoms with E-state index in [1.54, 1.807) is 12.1 Å². The minimum atomic E-state index is -3.55. The number of hydrogen-bond donors (Lipinski definition) is 2. The van der Waals surface area contributed by atoms with E-state index in [1.165, 1.54) is 24.1 Å². The lowest BCUT2D eigenvalue weighted by molar-refractivity contribution is -0.126. The van der Waals surface area contributed by atoms with Crippen molar-refractivity contribution in [2.45, 2.75) is 11.3 Å². The second-order valence-corrected chi connectivity index (χ2v) is 9.39. The zero-order valence-electron chi connectivity index (χ0n) is 16.9. The molecule has 0 saturated carbocycles. The van der Waals surface area contributed by atoms with Crippen molar-refractivity contribution in [2.75, 3.05) is 30.9 Å². The Morgan fingerprint density at radius 2 is 1.97 bits per heavy atom. The summed E-state index contributed by atoms with van der Waals surface area (Å²) in [5.41, 5.74) is 0.807. The molecular weight excluding hydrogens is 420 g/mol. The Bertz CT molecular complexity index is 1220. The number of H-pyrrole nitrogens is 1. The number of nitrogens with zero attached hydrogens (tertiary/aromatic N) is 2. The Morgan fingerprint density at radius 1 is 1.23 bits per heavy atom. The van der Waals surface area contributed by atoms with Crippen molar-refractivity contribution in [1.29, 1.82) is 0 Å². The van der Waals surface area contributed by atoms with Crippen LogP contribution in [0.4, 0.5) is 5.82 Å². The third-order valence-electron chi connectivity index (χ3n) is 5.29. The first kappa shape index (κ1) is 20.9. The van der Waals surface area contributed by atoms with E-state index in [2.05, 4.69) is 15.5 Å². The molecule has 9 nitrogen and oxygen atoms in total. The zero-order valence-corrected chi connectivity index (χ0v) is 17.7. The summed E-state index contributed by atoms with van der Waals surface area (Å²) in [6, 6.07) is 13.5. The highest BCUT2D eigenvalue weighted by molar-refractivity contribution is 7.91. The van der Waals surface area contributed by atoms with Crippen LogP contribution in [-0.4, -0.2) is 56.4 Å². The number of rotatable bonds is 7. The van der Waals surface area contributed by atoms with E-state index in [-0.39, 0.29) is 42.0 Å². The molecule has 0 unspecified atom stereocenters. The second-order valence-electron chi connectivity index (χ2n) is 7.28. The number of aromatic nitrogens is 2. The van der Waals surface area contributed by atoms with E-state index in [9.17, 15) is 18.0 Å². The largest absolute Gasteiger partial charge is 0.497 e. The smallest absolute Gasteiger partial charge is 0.229 e. The van der Waals surface area contributed by atoms with E-state index in [0.717, 1.165) is 10.9 Å². The number of sulfone groups is 1. The minimum Gasteiger partial charge on any atom is -0.497 e. The molecule has 2 amide bonds. The Morgan fingerprint density at radius 3 is 2.71 bits per heavy atom. The molecule has 0 radical (unpaired) electrons. The fourth-order valence-corrected chi connectivity index (χ4v) is 4.75. The quantitative estimate of drug-likeness (QED) is 0.572. The maximum atomic E-state index is 12.5. The molecule has 1 saturated heterocycles. The van der Waals surface area contributed by atoms with Crippen LogP contribution < -0.4 is 15.0 Å². The highest BCUT2D eigenvalue weighted by atomic mass is 32.2. The second kappa shape index (κ2) is 8.38. The number of benzene rings is 2. The molecule has 4 rings (SSSR count). The Balaban J connectivity index is 1.35. The minimum absolute atomic E-state index is 0.0385. The van der Waals surface area contributed by atoms with E-state index in [1.807, 2.05) is 24.3 Å². The summed E-state index contributed by atoms with van der Waals surface area (Å²) < 4.78 is 29.9. The number of hydrogen-bond acceptors (Lipinski definition) is 6. The number of carbonyl (C=O) groups excluding carboxylic acids is 2. The van der Waals surface area contributed by atoms with Gasteiger partial charge in [0.1, 0.15) is 5.75 Å². The van der Waals surface area contributed by atoms with Crippen molar-refractivity contribution in [1.82, 2.24) is 15.5 Å². The van der Waals surface area contributed by atoms with Crippen LogP contribution in [0, 0.1) is 5.92 Å². The summed E-state index contributed by atoms with van der Waals surface area (Å²) in [4.78, 5) is 26.7. The topological polar surface area (TPSA) is 121 Å². The summed E-state index contributed by atoms with van der Waals surface area (Å²) in [6.45, 7) is 0.161. The molecule has 2 heterocycles. The number of methoxy groups -OCH3 is 1. The van der Waals surface area contributed by atoms with Gasteiger partial charge in [0.25, 0.3) is 0 Å². The third kappa shape index (κ3) is 4.24. The number of carbonyl (C=O) groups is 2. The number of ether oxygens (including phenoxy) is 1. The average molecular weight is 442 g/mol. The van der Waals surface area contributed by atoms with E-state index >= 15 is 0 Å². The predicted octanol–water partition coefficient (Wildman–Crippen LogP) is 1.51. The van der Waals surface area contributed by atoms with E-state index in [4.69, 9.17) is 4.74 Å². The molecule has 0 aliphatic carbocycles. The Kier molecular flexibility index (Phi) is 5.64. The van der Waals surface area contributed by atoms with Crippen LogP contribution in [0.3, 0.4) is 0 Å². The van der Waals surface area contributed by atoms with Gasteiger partial charge >= 0.3 is 0 Å². The molecular formula is C21H22N4O5S. The SMILES string of the molecule is COc1ccc(S(=O)(=O)CCNC(=O)[C@@H]2CC(=O)N(c3n[nH]c4ccccc34)C2)cc1. The van der Waals surface area contributed by atoms with Crippen molar-refractivity contribution < 1.29 is 22.7 Å². The van der Waals surface area contributed by atoms with Gasteiger partial charge in [-0.3, -0.25) is 19.6 Å². The molecule has 0 bridgehead atoms. The fourth-order valence-electron chi connectivity index (χ4n) is 3.60. The number of anilines is 1. The van der Waals surface area contributed by atoms with Crippen LogP contribution in [0.25, 0.3) is 10.9 Å². The van der Waals surface area contributed by atoms with Crippen LogP contribution >= 0.6 is 0 Å². The van der Waals surface area contributed by atoms with Crippen molar-refractivity contribution in [2.24, 2.45) is 5.92 Å².